The van der Waals surface area contributed by atoms with Crippen LogP contribution in [0.25, 0.3) is 0 Å². The summed E-state index contributed by atoms with van der Waals surface area (Å²) in [5.74, 6) is -1.20. The first-order chi connectivity index (χ1) is 41.7. The quantitative estimate of drug-likeness (QED) is 0.0195. The predicted octanol–water partition coefficient (Wildman–Crippen LogP) is 18.1. The first-order valence-corrected chi connectivity index (χ1v) is 35.4. The number of nitrogens with one attached hydrogen (secondary N) is 1. The lowest BCUT2D eigenvalue weighted by atomic mass is 9.99. The topological polar surface area (TPSA) is 175 Å². The van der Waals surface area contributed by atoms with Gasteiger partial charge in [-0.2, -0.15) is 0 Å². The second kappa shape index (κ2) is 61.1. The lowest BCUT2D eigenvalue weighted by molar-refractivity contribution is -0.305. The molecule has 0 aromatic heterocycles. The number of aliphatic hydroxyl groups excluding tert-OH is 5. The molecule has 0 aromatic carbocycles. The van der Waals surface area contributed by atoms with E-state index in [1.807, 2.05) is 6.08 Å². The fraction of sp³-hybridized carbons (Fsp3) is 0.784. The number of unbranched alkanes of at least 4 members (excludes halogenated alkanes) is 34. The minimum Gasteiger partial charge on any atom is -0.454 e. The van der Waals surface area contributed by atoms with Gasteiger partial charge in [0.1, 0.15) is 24.4 Å². The minimum absolute atomic E-state index is 0.113. The minimum atomic E-state index is -1.62. The first-order valence-electron chi connectivity index (χ1n) is 35.4. The Kier molecular flexibility index (Phi) is 57.4. The van der Waals surface area contributed by atoms with Crippen LogP contribution in [-0.4, -0.2) is 99.6 Å². The molecule has 6 N–H and O–H groups in total. The number of ether oxygens (including phenoxy) is 3. The van der Waals surface area contributed by atoms with E-state index in [-0.39, 0.29) is 19.4 Å². The number of esters is 1. The predicted molar refractivity (Wildman–Crippen MR) is 356 cm³/mol. The van der Waals surface area contributed by atoms with Crippen LogP contribution in [0.2, 0.25) is 0 Å². The van der Waals surface area contributed by atoms with Crippen molar-refractivity contribution in [2.75, 3.05) is 13.2 Å². The molecular formula is C74H131NO10. The first kappa shape index (κ1) is 79.9. The lowest BCUT2D eigenvalue weighted by Gasteiger charge is -2.41. The van der Waals surface area contributed by atoms with Gasteiger partial charge in [-0.3, -0.25) is 9.59 Å². The van der Waals surface area contributed by atoms with E-state index in [2.05, 4.69) is 99.0 Å². The molecule has 1 saturated heterocycles. The Morgan fingerprint density at radius 1 is 0.471 bits per heavy atom. The molecule has 11 nitrogen and oxygen atoms in total. The average Bonchev–Trinajstić information content (AvgIpc) is 2.90. The van der Waals surface area contributed by atoms with E-state index >= 15 is 0 Å². The molecule has 0 saturated carbocycles. The maximum Gasteiger partial charge on any atom is 0.306 e. The molecule has 1 fully saturated rings. The highest BCUT2D eigenvalue weighted by molar-refractivity contribution is 5.80. The molecule has 8 atom stereocenters. The number of rotatable bonds is 60. The van der Waals surface area contributed by atoms with E-state index in [1.165, 1.54) is 161 Å². The third-order valence-electron chi connectivity index (χ3n) is 16.3. The lowest BCUT2D eigenvalue weighted by Crippen LogP contribution is -2.61. The van der Waals surface area contributed by atoms with Crippen LogP contribution in [0.1, 0.15) is 310 Å². The Morgan fingerprint density at radius 3 is 1.28 bits per heavy atom. The van der Waals surface area contributed by atoms with Crippen molar-refractivity contribution in [3.63, 3.8) is 0 Å². The van der Waals surface area contributed by atoms with Crippen molar-refractivity contribution in [1.82, 2.24) is 5.32 Å². The monoisotopic (exact) mass is 1190 g/mol. The molecule has 1 heterocycles. The zero-order valence-electron chi connectivity index (χ0n) is 54.7. The van der Waals surface area contributed by atoms with Crippen molar-refractivity contribution in [2.24, 2.45) is 0 Å². The van der Waals surface area contributed by atoms with Crippen LogP contribution in [-0.2, 0) is 23.8 Å². The molecule has 1 amide bonds. The van der Waals surface area contributed by atoms with Crippen LogP contribution in [0.15, 0.2) is 85.1 Å². The summed E-state index contributed by atoms with van der Waals surface area (Å²) in [6.07, 6.45) is 70.5. The third-order valence-corrected chi connectivity index (χ3v) is 16.3. The van der Waals surface area contributed by atoms with Gasteiger partial charge < -0.3 is 45.1 Å². The van der Waals surface area contributed by atoms with Gasteiger partial charge in [-0.1, -0.05) is 292 Å². The summed E-state index contributed by atoms with van der Waals surface area (Å²) in [7, 11) is 0. The molecule has 8 unspecified atom stereocenters. The molecule has 492 valence electrons. The Labute approximate surface area is 521 Å². The number of carbonyl (C=O) groups is 2. The van der Waals surface area contributed by atoms with Crippen molar-refractivity contribution < 1.29 is 49.3 Å². The SMILES string of the molecule is CC/C=C\C/C=C\C/C=C\C/C=C\C/C=C\CCCCCCCCCCCC(=O)OC1C(OCC(NC(=O)C(O)CCCCCCCCCCCC/C=C/CCCCCCCC)C(O)/C=C/CCCCCCCCCCC)OC(CO)C(O)C1O. The number of aliphatic hydroxyl groups is 5. The highest BCUT2D eigenvalue weighted by atomic mass is 16.7. The summed E-state index contributed by atoms with van der Waals surface area (Å²) in [6, 6.07) is -1.03. The summed E-state index contributed by atoms with van der Waals surface area (Å²) in [4.78, 5) is 26.7. The molecule has 11 heteroatoms. The molecular weight excluding hydrogens is 1060 g/mol. The van der Waals surface area contributed by atoms with Gasteiger partial charge in [-0.15, -0.1) is 0 Å². The molecule has 0 aliphatic carbocycles. The largest absolute Gasteiger partial charge is 0.454 e. The van der Waals surface area contributed by atoms with E-state index in [1.54, 1.807) is 6.08 Å². The molecule has 0 radical (unpaired) electrons. The van der Waals surface area contributed by atoms with E-state index in [9.17, 15) is 35.1 Å². The Bertz CT molecular complexity index is 1710. The molecule has 0 bridgehead atoms. The average molecular weight is 1190 g/mol. The second-order valence-electron chi connectivity index (χ2n) is 24.2. The van der Waals surface area contributed by atoms with Gasteiger partial charge in [0.15, 0.2) is 12.4 Å². The molecule has 85 heavy (non-hydrogen) atoms. The number of allylic oxidation sites excluding steroid dienone is 13. The number of carbonyl (C=O) groups excluding carboxylic acids is 2. The van der Waals surface area contributed by atoms with Gasteiger partial charge in [-0.05, 0) is 96.3 Å². The number of hydrogen-bond acceptors (Lipinski definition) is 10. The summed E-state index contributed by atoms with van der Waals surface area (Å²) in [6.45, 7) is 5.69. The summed E-state index contributed by atoms with van der Waals surface area (Å²) in [5.41, 5.74) is 0. The van der Waals surface area contributed by atoms with Crippen LogP contribution in [0, 0.1) is 0 Å². The number of amides is 1. The highest BCUT2D eigenvalue weighted by Crippen LogP contribution is 2.26. The van der Waals surface area contributed by atoms with Crippen molar-refractivity contribution in [2.45, 2.75) is 359 Å². The van der Waals surface area contributed by atoms with E-state index in [0.29, 0.717) is 12.8 Å². The standard InChI is InChI=1S/C74H131NO10/c1-4-7-10-13-16-19-22-24-26-28-30-32-33-34-35-36-38-40-42-44-47-50-53-56-59-62-69(79)85-72-71(81)70(80)68(63-76)84-74(72)83-64-65(66(77)60-57-54-51-48-45-21-18-15-12-9-6-3)75-73(82)67(78)61-58-55-52-49-46-43-41-39-37-31-29-27-25-23-20-17-14-11-8-5-2/h7,10,16,19,24-27,30,32,34-35,57,60,65-68,70-72,74,76-78,80-81H,4-6,8-9,11-15,17-18,20-23,28-29,31,33,36-56,58-59,61-64H2,1-3H3,(H,75,82)/b10-7-,19-16-,26-24-,27-25+,32-30-,35-34-,60-57+. The third kappa shape index (κ3) is 48.4. The Morgan fingerprint density at radius 2 is 0.847 bits per heavy atom. The molecule has 0 spiro atoms. The summed E-state index contributed by atoms with van der Waals surface area (Å²) in [5, 5.41) is 57.2. The van der Waals surface area contributed by atoms with Crippen LogP contribution >= 0.6 is 0 Å². The van der Waals surface area contributed by atoms with Gasteiger partial charge >= 0.3 is 5.97 Å². The maximum absolute atomic E-state index is 13.5. The summed E-state index contributed by atoms with van der Waals surface area (Å²) < 4.78 is 17.7. The van der Waals surface area contributed by atoms with Crippen LogP contribution in [0.5, 0.6) is 0 Å². The van der Waals surface area contributed by atoms with E-state index in [0.717, 1.165) is 103 Å². The highest BCUT2D eigenvalue weighted by Gasteiger charge is 2.47. The van der Waals surface area contributed by atoms with Gasteiger partial charge in [-0.25, -0.2) is 0 Å². The molecule has 1 aliphatic rings. The van der Waals surface area contributed by atoms with Crippen LogP contribution < -0.4 is 5.32 Å². The van der Waals surface area contributed by atoms with Crippen LogP contribution in [0.4, 0.5) is 0 Å². The van der Waals surface area contributed by atoms with Crippen molar-refractivity contribution in [3.8, 4) is 0 Å². The van der Waals surface area contributed by atoms with Crippen molar-refractivity contribution in [1.29, 1.82) is 0 Å². The fourth-order valence-corrected chi connectivity index (χ4v) is 10.7. The maximum atomic E-state index is 13.5. The smallest absolute Gasteiger partial charge is 0.306 e. The second-order valence-corrected chi connectivity index (χ2v) is 24.2. The van der Waals surface area contributed by atoms with Gasteiger partial charge in [0.2, 0.25) is 5.91 Å². The van der Waals surface area contributed by atoms with E-state index in [4.69, 9.17) is 14.2 Å². The Hall–Kier alpha value is -3.16. The Balaban J connectivity index is 2.56. The zero-order valence-corrected chi connectivity index (χ0v) is 54.7. The van der Waals surface area contributed by atoms with Crippen LogP contribution in [0.3, 0.4) is 0 Å². The summed E-state index contributed by atoms with van der Waals surface area (Å²) >= 11 is 0. The van der Waals surface area contributed by atoms with Gasteiger partial charge in [0.25, 0.3) is 0 Å². The number of hydrogen-bond donors (Lipinski definition) is 6. The normalized spacial score (nSPS) is 18.9. The molecule has 1 rings (SSSR count). The molecule has 0 aromatic rings. The van der Waals surface area contributed by atoms with Gasteiger partial charge in [0, 0.05) is 6.42 Å². The van der Waals surface area contributed by atoms with Crippen molar-refractivity contribution >= 4 is 11.9 Å². The van der Waals surface area contributed by atoms with E-state index < -0.39 is 67.4 Å². The zero-order chi connectivity index (χ0) is 61.7. The van der Waals surface area contributed by atoms with Gasteiger partial charge in [0.05, 0.1) is 25.4 Å². The molecule has 1 aliphatic heterocycles. The fourth-order valence-electron chi connectivity index (χ4n) is 10.7. The van der Waals surface area contributed by atoms with Crippen molar-refractivity contribution in [3.05, 3.63) is 85.1 Å².